The van der Waals surface area contributed by atoms with Crippen molar-refractivity contribution in [2.45, 2.75) is 5.92 Å². The standard InChI is InChI=1S/C17H14N2O/c1-20-16-9-7-14(8-10-16)17(15(11-18)12-19)13-5-3-2-4-6-13/h2-10,15,17H,1H3. The highest BCUT2D eigenvalue weighted by molar-refractivity contribution is 5.39. The van der Waals surface area contributed by atoms with Crippen LogP contribution in [-0.2, 0) is 0 Å². The van der Waals surface area contributed by atoms with Gasteiger partial charge in [-0.3, -0.25) is 0 Å². The molecule has 0 bridgehead atoms. The number of hydrogen-bond acceptors (Lipinski definition) is 3. The van der Waals surface area contributed by atoms with Crippen LogP contribution in [0.5, 0.6) is 5.75 Å². The maximum absolute atomic E-state index is 9.22. The molecule has 0 saturated heterocycles. The number of nitriles is 2. The first-order valence-electron chi connectivity index (χ1n) is 6.28. The molecule has 3 heteroatoms. The molecule has 0 aliphatic heterocycles. The van der Waals surface area contributed by atoms with E-state index in [0.29, 0.717) is 0 Å². The second kappa shape index (κ2) is 6.41. The van der Waals surface area contributed by atoms with Crippen molar-refractivity contribution in [2.75, 3.05) is 7.11 Å². The van der Waals surface area contributed by atoms with Gasteiger partial charge < -0.3 is 4.74 Å². The molecule has 0 aliphatic rings. The average Bonchev–Trinajstić information content (AvgIpc) is 2.53. The number of rotatable bonds is 4. The molecule has 1 unspecified atom stereocenters. The Morgan fingerprint density at radius 2 is 1.40 bits per heavy atom. The Morgan fingerprint density at radius 3 is 1.90 bits per heavy atom. The van der Waals surface area contributed by atoms with Gasteiger partial charge in [0.1, 0.15) is 11.7 Å². The van der Waals surface area contributed by atoms with Crippen LogP contribution in [0.2, 0.25) is 0 Å². The largest absolute Gasteiger partial charge is 0.497 e. The topological polar surface area (TPSA) is 56.8 Å². The van der Waals surface area contributed by atoms with Gasteiger partial charge in [-0.05, 0) is 23.3 Å². The van der Waals surface area contributed by atoms with E-state index in [1.807, 2.05) is 54.6 Å². The van der Waals surface area contributed by atoms with E-state index in [-0.39, 0.29) is 5.92 Å². The molecular formula is C17H14N2O. The van der Waals surface area contributed by atoms with Gasteiger partial charge in [0, 0.05) is 5.92 Å². The monoisotopic (exact) mass is 262 g/mol. The van der Waals surface area contributed by atoms with E-state index in [2.05, 4.69) is 12.1 Å². The molecular weight excluding hydrogens is 248 g/mol. The lowest BCUT2D eigenvalue weighted by Gasteiger charge is -2.18. The van der Waals surface area contributed by atoms with Crippen molar-refractivity contribution in [2.24, 2.45) is 5.92 Å². The molecule has 0 aromatic heterocycles. The molecule has 2 aromatic carbocycles. The van der Waals surface area contributed by atoms with Gasteiger partial charge in [0.05, 0.1) is 19.2 Å². The molecule has 3 nitrogen and oxygen atoms in total. The van der Waals surface area contributed by atoms with E-state index in [9.17, 15) is 10.5 Å². The van der Waals surface area contributed by atoms with Gasteiger partial charge in [-0.2, -0.15) is 10.5 Å². The lowest BCUT2D eigenvalue weighted by molar-refractivity contribution is 0.414. The molecule has 0 amide bonds. The first-order chi connectivity index (χ1) is 9.80. The van der Waals surface area contributed by atoms with E-state index < -0.39 is 5.92 Å². The van der Waals surface area contributed by atoms with Crippen LogP contribution in [0, 0.1) is 28.6 Å². The van der Waals surface area contributed by atoms with Gasteiger partial charge in [-0.25, -0.2) is 0 Å². The first kappa shape index (κ1) is 13.6. The molecule has 0 heterocycles. The van der Waals surface area contributed by atoms with Crippen LogP contribution in [0.4, 0.5) is 0 Å². The molecule has 98 valence electrons. The number of ether oxygens (including phenoxy) is 1. The Morgan fingerprint density at radius 1 is 0.850 bits per heavy atom. The summed E-state index contributed by atoms with van der Waals surface area (Å²) in [7, 11) is 1.61. The van der Waals surface area contributed by atoms with Crippen LogP contribution in [0.15, 0.2) is 54.6 Å². The molecule has 0 saturated carbocycles. The summed E-state index contributed by atoms with van der Waals surface area (Å²) >= 11 is 0. The Bertz CT molecular complexity index is 621. The second-order valence-corrected chi connectivity index (χ2v) is 4.40. The third kappa shape index (κ3) is 2.79. The minimum atomic E-state index is -0.717. The van der Waals surface area contributed by atoms with Gasteiger partial charge in [-0.15, -0.1) is 0 Å². The normalized spacial score (nSPS) is 11.4. The Hall–Kier alpha value is -2.78. The maximum Gasteiger partial charge on any atom is 0.144 e. The molecule has 0 spiro atoms. The summed E-state index contributed by atoms with van der Waals surface area (Å²) in [6.45, 7) is 0. The smallest absolute Gasteiger partial charge is 0.144 e. The number of nitrogens with zero attached hydrogens (tertiary/aromatic N) is 2. The summed E-state index contributed by atoms with van der Waals surface area (Å²) < 4.78 is 5.14. The van der Waals surface area contributed by atoms with Crippen molar-refractivity contribution in [3.05, 3.63) is 65.7 Å². The minimum Gasteiger partial charge on any atom is -0.497 e. The zero-order valence-corrected chi connectivity index (χ0v) is 11.2. The predicted octanol–water partition coefficient (Wildman–Crippen LogP) is 3.49. The SMILES string of the molecule is COc1ccc(C(c2ccccc2)C(C#N)C#N)cc1. The summed E-state index contributed by atoms with van der Waals surface area (Å²) in [4.78, 5) is 0. The fourth-order valence-corrected chi connectivity index (χ4v) is 2.23. The summed E-state index contributed by atoms with van der Waals surface area (Å²) in [5.41, 5.74) is 1.90. The van der Waals surface area contributed by atoms with Gasteiger partial charge in [-0.1, -0.05) is 42.5 Å². The quantitative estimate of drug-likeness (QED) is 0.847. The van der Waals surface area contributed by atoms with E-state index >= 15 is 0 Å². The van der Waals surface area contributed by atoms with Crippen molar-refractivity contribution in [3.8, 4) is 17.9 Å². The fourth-order valence-electron chi connectivity index (χ4n) is 2.23. The van der Waals surface area contributed by atoms with Gasteiger partial charge in [0.25, 0.3) is 0 Å². The van der Waals surface area contributed by atoms with Crippen molar-refractivity contribution in [1.29, 1.82) is 10.5 Å². The zero-order chi connectivity index (χ0) is 14.4. The third-order valence-corrected chi connectivity index (χ3v) is 3.25. The number of methoxy groups -OCH3 is 1. The van der Waals surface area contributed by atoms with Crippen molar-refractivity contribution >= 4 is 0 Å². The summed E-state index contributed by atoms with van der Waals surface area (Å²) in [6.07, 6.45) is 0. The first-order valence-corrected chi connectivity index (χ1v) is 6.28. The molecule has 2 rings (SSSR count). The van der Waals surface area contributed by atoms with Crippen LogP contribution < -0.4 is 4.74 Å². The van der Waals surface area contributed by atoms with Crippen LogP contribution in [0.1, 0.15) is 17.0 Å². The highest BCUT2D eigenvalue weighted by Crippen LogP contribution is 2.32. The van der Waals surface area contributed by atoms with E-state index in [0.717, 1.165) is 16.9 Å². The minimum absolute atomic E-state index is 0.253. The molecule has 0 aliphatic carbocycles. The van der Waals surface area contributed by atoms with Gasteiger partial charge >= 0.3 is 0 Å². The average molecular weight is 262 g/mol. The van der Waals surface area contributed by atoms with Gasteiger partial charge in [0.2, 0.25) is 0 Å². The zero-order valence-electron chi connectivity index (χ0n) is 11.2. The number of hydrogen-bond donors (Lipinski definition) is 0. The van der Waals surface area contributed by atoms with Crippen molar-refractivity contribution < 1.29 is 4.74 Å². The van der Waals surface area contributed by atoms with Crippen molar-refractivity contribution in [3.63, 3.8) is 0 Å². The highest BCUT2D eigenvalue weighted by Gasteiger charge is 2.24. The molecule has 0 fully saturated rings. The highest BCUT2D eigenvalue weighted by atomic mass is 16.5. The van der Waals surface area contributed by atoms with E-state index in [1.54, 1.807) is 7.11 Å². The maximum atomic E-state index is 9.22. The Balaban J connectivity index is 2.46. The Kier molecular flexibility index (Phi) is 4.37. The van der Waals surface area contributed by atoms with Crippen LogP contribution in [0.3, 0.4) is 0 Å². The van der Waals surface area contributed by atoms with Crippen molar-refractivity contribution in [1.82, 2.24) is 0 Å². The van der Waals surface area contributed by atoms with Crippen LogP contribution in [0.25, 0.3) is 0 Å². The number of benzene rings is 2. The Labute approximate surface area is 118 Å². The van der Waals surface area contributed by atoms with E-state index in [4.69, 9.17) is 4.74 Å². The molecule has 0 radical (unpaired) electrons. The lowest BCUT2D eigenvalue weighted by atomic mass is 9.82. The molecule has 20 heavy (non-hydrogen) atoms. The second-order valence-electron chi connectivity index (χ2n) is 4.40. The fraction of sp³-hybridized carbons (Fsp3) is 0.176. The predicted molar refractivity (Wildman–Crippen MR) is 76.0 cm³/mol. The van der Waals surface area contributed by atoms with E-state index in [1.165, 1.54) is 0 Å². The van der Waals surface area contributed by atoms with Crippen LogP contribution in [-0.4, -0.2) is 7.11 Å². The summed E-state index contributed by atoms with van der Waals surface area (Å²) in [6, 6.07) is 21.3. The molecule has 1 atom stereocenters. The molecule has 2 aromatic rings. The third-order valence-electron chi connectivity index (χ3n) is 3.25. The van der Waals surface area contributed by atoms with Gasteiger partial charge in [0.15, 0.2) is 0 Å². The lowest BCUT2D eigenvalue weighted by Crippen LogP contribution is -2.11. The summed E-state index contributed by atoms with van der Waals surface area (Å²) in [5, 5.41) is 18.4. The van der Waals surface area contributed by atoms with Crippen LogP contribution >= 0.6 is 0 Å². The summed E-state index contributed by atoms with van der Waals surface area (Å²) in [5.74, 6) is -0.214. The molecule has 0 N–H and O–H groups in total.